The molecule has 35 heavy (non-hydrogen) atoms. The number of anilines is 1. The van der Waals surface area contributed by atoms with Crippen LogP contribution in [-0.2, 0) is 16.1 Å². The Morgan fingerprint density at radius 2 is 1.86 bits per heavy atom. The third kappa shape index (κ3) is 5.50. The van der Waals surface area contributed by atoms with E-state index in [1.165, 1.54) is 17.3 Å². The van der Waals surface area contributed by atoms with Gasteiger partial charge in [0.25, 0.3) is 11.8 Å². The molecule has 3 aromatic carbocycles. The van der Waals surface area contributed by atoms with Crippen molar-refractivity contribution >= 4 is 35.3 Å². The Morgan fingerprint density at radius 1 is 1.09 bits per heavy atom. The molecule has 0 bridgehead atoms. The predicted octanol–water partition coefficient (Wildman–Crippen LogP) is 5.58. The van der Waals surface area contributed by atoms with Gasteiger partial charge in [-0.3, -0.25) is 9.59 Å². The maximum absolute atomic E-state index is 13.5. The Balaban J connectivity index is 1.33. The van der Waals surface area contributed by atoms with E-state index in [2.05, 4.69) is 36.5 Å². The number of carbonyl (C=O) groups is 2. The first kappa shape index (κ1) is 23.4. The monoisotopic (exact) mass is 484 g/mol. The van der Waals surface area contributed by atoms with E-state index in [0.717, 1.165) is 41.2 Å². The average molecular weight is 485 g/mol. The van der Waals surface area contributed by atoms with Crippen molar-refractivity contribution in [2.24, 2.45) is 0 Å². The van der Waals surface area contributed by atoms with E-state index in [4.69, 9.17) is 4.74 Å². The lowest BCUT2D eigenvalue weighted by Gasteiger charge is -2.30. The standard InChI is InChI=1S/C29H28N2O3S/c1-20-8-10-22(11-9-20)19-31-25-6-2-3-7-26(25)35-27(29(31)33)17-21-12-14-23(15-13-21)28(32)30-18-24-5-4-16-34-24/h2-3,6-15,17,24H,4-5,16,18-19H2,1H3,(H,30,32)/b27-17+. The van der Waals surface area contributed by atoms with Crippen molar-refractivity contribution in [3.63, 3.8) is 0 Å². The Bertz CT molecular complexity index is 1250. The normalized spacial score (nSPS) is 18.5. The van der Waals surface area contributed by atoms with Gasteiger partial charge in [0.1, 0.15) is 0 Å². The molecule has 1 atom stereocenters. The van der Waals surface area contributed by atoms with Gasteiger partial charge in [-0.05, 0) is 61.2 Å². The SMILES string of the molecule is Cc1ccc(CN2C(=O)/C(=C\c3ccc(C(=O)NCC4CCCO4)cc3)Sc3ccccc32)cc1. The van der Waals surface area contributed by atoms with E-state index in [9.17, 15) is 9.59 Å². The number of thioether (sulfide) groups is 1. The van der Waals surface area contributed by atoms with Crippen LogP contribution in [0.25, 0.3) is 6.08 Å². The van der Waals surface area contributed by atoms with Crippen molar-refractivity contribution in [1.29, 1.82) is 0 Å². The topological polar surface area (TPSA) is 58.6 Å². The number of ether oxygens (including phenoxy) is 1. The maximum atomic E-state index is 13.5. The van der Waals surface area contributed by atoms with Crippen molar-refractivity contribution in [2.45, 2.75) is 37.3 Å². The van der Waals surface area contributed by atoms with Gasteiger partial charge in [-0.2, -0.15) is 0 Å². The number of nitrogens with zero attached hydrogens (tertiary/aromatic N) is 1. The maximum Gasteiger partial charge on any atom is 0.265 e. The summed E-state index contributed by atoms with van der Waals surface area (Å²) in [6.45, 7) is 3.87. The molecule has 178 valence electrons. The predicted molar refractivity (Wildman–Crippen MR) is 140 cm³/mol. The third-order valence-corrected chi connectivity index (χ3v) is 7.36. The van der Waals surface area contributed by atoms with Crippen LogP contribution in [0.15, 0.2) is 82.6 Å². The summed E-state index contributed by atoms with van der Waals surface area (Å²) in [7, 11) is 0. The molecule has 2 heterocycles. The van der Waals surface area contributed by atoms with Gasteiger partial charge in [-0.15, -0.1) is 0 Å². The average Bonchev–Trinajstić information content (AvgIpc) is 3.40. The van der Waals surface area contributed by atoms with Crippen molar-refractivity contribution in [1.82, 2.24) is 5.32 Å². The van der Waals surface area contributed by atoms with Gasteiger partial charge < -0.3 is 15.0 Å². The number of benzene rings is 3. The second-order valence-electron chi connectivity index (χ2n) is 8.92. The smallest absolute Gasteiger partial charge is 0.265 e. The number of rotatable bonds is 6. The first-order valence-corrected chi connectivity index (χ1v) is 12.7. The number of amides is 2. The van der Waals surface area contributed by atoms with Crippen LogP contribution >= 0.6 is 11.8 Å². The first-order chi connectivity index (χ1) is 17.1. The molecule has 0 aromatic heterocycles. The molecule has 1 N–H and O–H groups in total. The second-order valence-corrected chi connectivity index (χ2v) is 10.0. The third-order valence-electron chi connectivity index (χ3n) is 6.28. The molecular weight excluding hydrogens is 456 g/mol. The van der Waals surface area contributed by atoms with Gasteiger partial charge in [-0.1, -0.05) is 65.9 Å². The van der Waals surface area contributed by atoms with Crippen molar-refractivity contribution in [3.8, 4) is 0 Å². The van der Waals surface area contributed by atoms with Crippen LogP contribution in [0.2, 0.25) is 0 Å². The van der Waals surface area contributed by atoms with Crippen LogP contribution in [-0.4, -0.2) is 31.1 Å². The van der Waals surface area contributed by atoms with Crippen molar-refractivity contribution in [2.75, 3.05) is 18.1 Å². The summed E-state index contributed by atoms with van der Waals surface area (Å²) in [5.41, 5.74) is 4.69. The lowest BCUT2D eigenvalue weighted by molar-refractivity contribution is -0.114. The van der Waals surface area contributed by atoms with Crippen LogP contribution in [0.1, 0.15) is 39.9 Å². The zero-order valence-corrected chi connectivity index (χ0v) is 20.5. The molecule has 1 fully saturated rings. The van der Waals surface area contributed by atoms with Crippen LogP contribution in [0, 0.1) is 6.92 Å². The number of fused-ring (bicyclic) bond motifs is 1. The zero-order chi connectivity index (χ0) is 24.2. The molecule has 2 aliphatic heterocycles. The molecule has 2 amide bonds. The second kappa shape index (κ2) is 10.5. The Kier molecular flexibility index (Phi) is 7.02. The largest absolute Gasteiger partial charge is 0.376 e. The van der Waals surface area contributed by atoms with Crippen LogP contribution in [0.4, 0.5) is 5.69 Å². The minimum absolute atomic E-state index is 0.0207. The highest BCUT2D eigenvalue weighted by atomic mass is 32.2. The fourth-order valence-electron chi connectivity index (χ4n) is 4.29. The summed E-state index contributed by atoms with van der Waals surface area (Å²) < 4.78 is 5.57. The fourth-order valence-corrected chi connectivity index (χ4v) is 5.35. The van der Waals surface area contributed by atoms with Crippen LogP contribution in [0.3, 0.4) is 0 Å². The Labute approximate surface area is 210 Å². The highest BCUT2D eigenvalue weighted by molar-refractivity contribution is 8.04. The molecule has 2 aliphatic rings. The molecule has 1 unspecified atom stereocenters. The molecule has 3 aromatic rings. The Morgan fingerprint density at radius 3 is 2.60 bits per heavy atom. The number of hydrogen-bond acceptors (Lipinski definition) is 4. The summed E-state index contributed by atoms with van der Waals surface area (Å²) >= 11 is 1.49. The minimum Gasteiger partial charge on any atom is -0.376 e. The molecular formula is C29H28N2O3S. The molecule has 0 spiro atoms. The summed E-state index contributed by atoms with van der Waals surface area (Å²) in [4.78, 5) is 29.5. The molecule has 5 nitrogen and oxygen atoms in total. The lowest BCUT2D eigenvalue weighted by Crippen LogP contribution is -2.33. The molecule has 5 rings (SSSR count). The van der Waals surface area contributed by atoms with Gasteiger partial charge >= 0.3 is 0 Å². The summed E-state index contributed by atoms with van der Waals surface area (Å²) in [6.07, 6.45) is 4.05. The van der Waals surface area contributed by atoms with Crippen molar-refractivity contribution in [3.05, 3.63) is 100.0 Å². The number of hydrogen-bond donors (Lipinski definition) is 1. The number of para-hydroxylation sites is 1. The molecule has 0 radical (unpaired) electrons. The van der Waals surface area contributed by atoms with Gasteiger partial charge in [0.05, 0.1) is 23.2 Å². The van der Waals surface area contributed by atoms with E-state index in [0.29, 0.717) is 23.6 Å². The summed E-state index contributed by atoms with van der Waals surface area (Å²) in [5.74, 6) is -0.131. The zero-order valence-electron chi connectivity index (χ0n) is 19.7. The molecule has 0 saturated carbocycles. The summed E-state index contributed by atoms with van der Waals surface area (Å²) in [5, 5.41) is 2.95. The highest BCUT2D eigenvalue weighted by Gasteiger charge is 2.29. The number of aryl methyl sites for hydroxylation is 1. The quantitative estimate of drug-likeness (QED) is 0.464. The van der Waals surface area contributed by atoms with E-state index in [1.54, 1.807) is 12.1 Å². The summed E-state index contributed by atoms with van der Waals surface area (Å²) in [6, 6.07) is 23.6. The number of nitrogens with one attached hydrogen (secondary N) is 1. The lowest BCUT2D eigenvalue weighted by atomic mass is 10.1. The van der Waals surface area contributed by atoms with Gasteiger partial charge in [0, 0.05) is 23.6 Å². The fraction of sp³-hybridized carbons (Fsp3) is 0.241. The van der Waals surface area contributed by atoms with E-state index >= 15 is 0 Å². The molecule has 0 aliphatic carbocycles. The van der Waals surface area contributed by atoms with Crippen molar-refractivity contribution < 1.29 is 14.3 Å². The van der Waals surface area contributed by atoms with Crippen LogP contribution in [0.5, 0.6) is 0 Å². The van der Waals surface area contributed by atoms with Crippen LogP contribution < -0.4 is 10.2 Å². The first-order valence-electron chi connectivity index (χ1n) is 11.9. The van der Waals surface area contributed by atoms with E-state index < -0.39 is 0 Å². The Hall–Kier alpha value is -3.35. The van der Waals surface area contributed by atoms with E-state index in [1.807, 2.05) is 47.4 Å². The molecule has 1 saturated heterocycles. The molecule has 6 heteroatoms. The number of carbonyl (C=O) groups excluding carboxylic acids is 2. The minimum atomic E-state index is -0.110. The van der Waals surface area contributed by atoms with E-state index in [-0.39, 0.29) is 17.9 Å². The highest BCUT2D eigenvalue weighted by Crippen LogP contribution is 2.42. The van der Waals surface area contributed by atoms with Gasteiger partial charge in [0.2, 0.25) is 0 Å². The van der Waals surface area contributed by atoms with Gasteiger partial charge in [-0.25, -0.2) is 0 Å². The van der Waals surface area contributed by atoms with Gasteiger partial charge in [0.15, 0.2) is 0 Å².